The van der Waals surface area contributed by atoms with Gasteiger partial charge in [-0.2, -0.15) is 0 Å². The lowest BCUT2D eigenvalue weighted by Gasteiger charge is -2.07. The Kier molecular flexibility index (Phi) is 4.89. The summed E-state index contributed by atoms with van der Waals surface area (Å²) in [4.78, 5) is 28.3. The number of ether oxygens (including phenoxy) is 1. The molecule has 2 aromatic heterocycles. The van der Waals surface area contributed by atoms with Crippen LogP contribution in [-0.4, -0.2) is 15.5 Å². The van der Waals surface area contributed by atoms with E-state index in [9.17, 15) is 9.59 Å². The van der Waals surface area contributed by atoms with E-state index in [1.807, 2.05) is 36.4 Å². The summed E-state index contributed by atoms with van der Waals surface area (Å²) in [5.41, 5.74) is 0.591. The molecular formula is C19H17N3O3. The largest absolute Gasteiger partial charge is 0.439 e. The highest BCUT2D eigenvalue weighted by Crippen LogP contribution is 2.18. The third-order valence-electron chi connectivity index (χ3n) is 3.58. The van der Waals surface area contributed by atoms with Crippen molar-refractivity contribution in [3.05, 3.63) is 88.5 Å². The van der Waals surface area contributed by atoms with Crippen molar-refractivity contribution in [3.8, 4) is 11.6 Å². The first kappa shape index (κ1) is 16.4. The van der Waals surface area contributed by atoms with Gasteiger partial charge in [0.2, 0.25) is 5.88 Å². The predicted molar refractivity (Wildman–Crippen MR) is 93.6 cm³/mol. The van der Waals surface area contributed by atoms with Crippen molar-refractivity contribution < 1.29 is 9.53 Å². The molecule has 0 aliphatic rings. The number of hydrogen-bond donors (Lipinski definition) is 1. The highest BCUT2D eigenvalue weighted by Gasteiger charge is 2.10. The van der Waals surface area contributed by atoms with Gasteiger partial charge in [-0.25, -0.2) is 4.98 Å². The van der Waals surface area contributed by atoms with Gasteiger partial charge in [-0.15, -0.1) is 0 Å². The van der Waals surface area contributed by atoms with Crippen molar-refractivity contribution in [2.24, 2.45) is 7.05 Å². The first-order valence-electron chi connectivity index (χ1n) is 7.75. The standard InChI is InChI=1S/C19H17N3O3/c1-22-11-5-8-16(19(22)24)18(23)21-13-14-9-10-17(20-12-14)25-15-6-3-2-4-7-15/h2-12H,13H2,1H3,(H,21,23). The molecule has 0 aliphatic heterocycles. The van der Waals surface area contributed by atoms with Gasteiger partial charge in [-0.1, -0.05) is 24.3 Å². The second kappa shape index (κ2) is 7.44. The highest BCUT2D eigenvalue weighted by atomic mass is 16.5. The molecule has 0 saturated carbocycles. The van der Waals surface area contributed by atoms with Crippen molar-refractivity contribution in [3.63, 3.8) is 0 Å². The van der Waals surface area contributed by atoms with Crippen LogP contribution in [0.1, 0.15) is 15.9 Å². The smallest absolute Gasteiger partial charge is 0.263 e. The van der Waals surface area contributed by atoms with Crippen LogP contribution in [0.15, 0.2) is 71.8 Å². The lowest BCUT2D eigenvalue weighted by Crippen LogP contribution is -2.31. The Labute approximate surface area is 144 Å². The number of nitrogens with zero attached hydrogens (tertiary/aromatic N) is 2. The minimum absolute atomic E-state index is 0.113. The van der Waals surface area contributed by atoms with E-state index >= 15 is 0 Å². The molecule has 2 heterocycles. The molecule has 0 unspecified atom stereocenters. The third kappa shape index (κ3) is 4.11. The van der Waals surface area contributed by atoms with Gasteiger partial charge in [-0.3, -0.25) is 9.59 Å². The van der Waals surface area contributed by atoms with Crippen molar-refractivity contribution in [2.75, 3.05) is 0 Å². The highest BCUT2D eigenvalue weighted by molar-refractivity contribution is 5.93. The van der Waals surface area contributed by atoms with E-state index in [1.165, 1.54) is 10.6 Å². The molecule has 0 atom stereocenters. The van der Waals surface area contributed by atoms with Gasteiger partial charge in [-0.05, 0) is 29.8 Å². The molecule has 1 aromatic carbocycles. The molecule has 6 heteroatoms. The van der Waals surface area contributed by atoms with E-state index in [1.54, 1.807) is 31.6 Å². The van der Waals surface area contributed by atoms with Crippen molar-refractivity contribution >= 4 is 5.91 Å². The van der Waals surface area contributed by atoms with Crippen LogP contribution in [0.4, 0.5) is 0 Å². The van der Waals surface area contributed by atoms with Crippen LogP contribution >= 0.6 is 0 Å². The molecule has 1 amide bonds. The van der Waals surface area contributed by atoms with Crippen LogP contribution in [0, 0.1) is 0 Å². The summed E-state index contributed by atoms with van der Waals surface area (Å²) >= 11 is 0. The minimum Gasteiger partial charge on any atom is -0.439 e. The van der Waals surface area contributed by atoms with Crippen LogP contribution in [0.25, 0.3) is 0 Å². The Hall–Kier alpha value is -3.41. The molecule has 0 radical (unpaired) electrons. The monoisotopic (exact) mass is 335 g/mol. The van der Waals surface area contributed by atoms with E-state index in [-0.39, 0.29) is 17.7 Å². The summed E-state index contributed by atoms with van der Waals surface area (Å²) in [5, 5.41) is 2.72. The van der Waals surface area contributed by atoms with Gasteiger partial charge >= 0.3 is 0 Å². The quantitative estimate of drug-likeness (QED) is 0.777. The van der Waals surface area contributed by atoms with Crippen LogP contribution in [0.5, 0.6) is 11.6 Å². The summed E-state index contributed by atoms with van der Waals surface area (Å²) in [6.07, 6.45) is 3.23. The first-order chi connectivity index (χ1) is 12.1. The van der Waals surface area contributed by atoms with E-state index in [0.29, 0.717) is 11.6 Å². The number of carbonyl (C=O) groups is 1. The maximum Gasteiger partial charge on any atom is 0.263 e. The molecule has 0 aliphatic carbocycles. The summed E-state index contributed by atoms with van der Waals surface area (Å²) < 4.78 is 6.98. The maximum absolute atomic E-state index is 12.1. The molecule has 3 aromatic rings. The van der Waals surface area contributed by atoms with Gasteiger partial charge in [0.05, 0.1) is 0 Å². The van der Waals surface area contributed by atoms with Crippen LogP contribution < -0.4 is 15.6 Å². The molecule has 0 fully saturated rings. The van der Waals surface area contributed by atoms with E-state index in [4.69, 9.17) is 4.74 Å². The number of pyridine rings is 2. The average molecular weight is 335 g/mol. The first-order valence-corrected chi connectivity index (χ1v) is 7.75. The van der Waals surface area contributed by atoms with Crippen LogP contribution in [-0.2, 0) is 13.6 Å². The SMILES string of the molecule is Cn1cccc(C(=O)NCc2ccc(Oc3ccccc3)nc2)c1=O. The summed E-state index contributed by atoms with van der Waals surface area (Å²) in [5.74, 6) is 0.764. The van der Waals surface area contributed by atoms with Gasteiger partial charge < -0.3 is 14.6 Å². The molecule has 3 rings (SSSR count). The maximum atomic E-state index is 12.1. The molecule has 0 saturated heterocycles. The zero-order chi connectivity index (χ0) is 17.6. The normalized spacial score (nSPS) is 10.3. The van der Waals surface area contributed by atoms with Gasteiger partial charge in [0.25, 0.3) is 11.5 Å². The Morgan fingerprint density at radius 2 is 1.92 bits per heavy atom. The zero-order valence-corrected chi connectivity index (χ0v) is 13.7. The Morgan fingerprint density at radius 3 is 2.64 bits per heavy atom. The Balaban J connectivity index is 1.61. The number of nitrogens with one attached hydrogen (secondary N) is 1. The second-order valence-corrected chi connectivity index (χ2v) is 5.44. The van der Waals surface area contributed by atoms with Crippen molar-refractivity contribution in [1.82, 2.24) is 14.9 Å². The molecule has 6 nitrogen and oxygen atoms in total. The van der Waals surface area contributed by atoms with Gasteiger partial charge in [0.1, 0.15) is 11.3 Å². The number of hydrogen-bond acceptors (Lipinski definition) is 4. The van der Waals surface area contributed by atoms with Gasteiger partial charge in [0.15, 0.2) is 0 Å². The Morgan fingerprint density at radius 1 is 1.12 bits per heavy atom. The van der Waals surface area contributed by atoms with E-state index in [0.717, 1.165) is 5.56 Å². The van der Waals surface area contributed by atoms with Crippen LogP contribution in [0.2, 0.25) is 0 Å². The van der Waals surface area contributed by atoms with E-state index in [2.05, 4.69) is 10.3 Å². The topological polar surface area (TPSA) is 73.2 Å². The second-order valence-electron chi connectivity index (χ2n) is 5.44. The molecular weight excluding hydrogens is 318 g/mol. The number of aromatic nitrogens is 2. The molecule has 1 N–H and O–H groups in total. The van der Waals surface area contributed by atoms with E-state index < -0.39 is 5.91 Å². The molecule has 25 heavy (non-hydrogen) atoms. The summed E-state index contributed by atoms with van der Waals surface area (Å²) in [7, 11) is 1.61. The van der Waals surface area contributed by atoms with Crippen LogP contribution in [0.3, 0.4) is 0 Å². The molecule has 0 bridgehead atoms. The number of amides is 1. The predicted octanol–water partition coefficient (Wildman–Crippen LogP) is 2.50. The molecule has 0 spiro atoms. The summed E-state index contributed by atoms with van der Waals surface area (Å²) in [6.45, 7) is 0.273. The van der Waals surface area contributed by atoms with Crippen molar-refractivity contribution in [1.29, 1.82) is 0 Å². The summed E-state index contributed by atoms with van der Waals surface area (Å²) in [6, 6.07) is 16.1. The fourth-order valence-corrected chi connectivity index (χ4v) is 2.23. The number of benzene rings is 1. The lowest BCUT2D eigenvalue weighted by atomic mass is 10.2. The number of aryl methyl sites for hydroxylation is 1. The van der Waals surface area contributed by atoms with Gasteiger partial charge in [0, 0.05) is 32.1 Å². The minimum atomic E-state index is -0.411. The van der Waals surface area contributed by atoms with Crippen molar-refractivity contribution in [2.45, 2.75) is 6.54 Å². The third-order valence-corrected chi connectivity index (χ3v) is 3.58. The number of carbonyl (C=O) groups excluding carboxylic acids is 1. The average Bonchev–Trinajstić information content (AvgIpc) is 2.64. The fourth-order valence-electron chi connectivity index (χ4n) is 2.23. The Bertz CT molecular complexity index is 919. The zero-order valence-electron chi connectivity index (χ0n) is 13.7. The lowest BCUT2D eigenvalue weighted by molar-refractivity contribution is 0.0949. The number of rotatable bonds is 5. The number of para-hydroxylation sites is 1. The fraction of sp³-hybridized carbons (Fsp3) is 0.105. The molecule has 126 valence electrons.